The Kier molecular flexibility index (Phi) is 8.19. The van der Waals surface area contributed by atoms with Crippen molar-refractivity contribution in [3.8, 4) is 11.1 Å². The van der Waals surface area contributed by atoms with Crippen LogP contribution in [0.25, 0.3) is 22.0 Å². The third-order valence-electron chi connectivity index (χ3n) is 7.08. The molecule has 216 valence electrons. The van der Waals surface area contributed by atoms with Crippen molar-refractivity contribution in [2.24, 2.45) is 5.73 Å². The van der Waals surface area contributed by atoms with E-state index in [1.54, 1.807) is 26.1 Å². The third kappa shape index (κ3) is 6.73. The molecule has 3 aromatic carbocycles. The number of primary amides is 1. The van der Waals surface area contributed by atoms with Gasteiger partial charge in [0.1, 0.15) is 0 Å². The summed E-state index contributed by atoms with van der Waals surface area (Å²) in [4.78, 5) is 37.9. The maximum absolute atomic E-state index is 12.5. The molecular formula is C32H35N7O3. The quantitative estimate of drug-likeness (QED) is 0.222. The number of β-amino-alcohol motifs (C(OH)–C–C–N with tert-alkyl or cyclic N) is 1. The van der Waals surface area contributed by atoms with Crippen molar-refractivity contribution >= 4 is 45.7 Å². The fourth-order valence-corrected chi connectivity index (χ4v) is 5.22. The number of fused-ring (bicyclic) bond motifs is 1. The van der Waals surface area contributed by atoms with E-state index in [9.17, 15) is 14.7 Å². The van der Waals surface area contributed by atoms with Gasteiger partial charge in [-0.15, -0.1) is 0 Å². The largest absolute Gasteiger partial charge is 0.389 e. The van der Waals surface area contributed by atoms with Crippen molar-refractivity contribution in [3.05, 3.63) is 85.1 Å². The lowest BCUT2D eigenvalue weighted by Gasteiger charge is -2.38. The van der Waals surface area contributed by atoms with E-state index < -0.39 is 11.5 Å². The molecule has 1 aliphatic heterocycles. The smallest absolute Gasteiger partial charge is 0.250 e. The number of piperazine rings is 1. The second kappa shape index (κ2) is 12.0. The van der Waals surface area contributed by atoms with Crippen LogP contribution in [0, 0.1) is 0 Å². The fraction of sp³-hybridized carbons (Fsp3) is 0.250. The zero-order chi connectivity index (χ0) is 29.9. The summed E-state index contributed by atoms with van der Waals surface area (Å²) in [5, 5.41) is 17.0. The number of nitrogens with one attached hydrogen (secondary N) is 2. The Balaban J connectivity index is 1.39. The number of aliphatic hydroxyl groups is 1. The summed E-state index contributed by atoms with van der Waals surface area (Å²) in [6.07, 6.45) is 2.97. The van der Waals surface area contributed by atoms with E-state index in [0.717, 1.165) is 53.9 Å². The Hall–Kier alpha value is -4.80. The molecule has 10 nitrogen and oxygen atoms in total. The summed E-state index contributed by atoms with van der Waals surface area (Å²) in [5.41, 5.74) is 10.0. The minimum absolute atomic E-state index is 0.284. The summed E-state index contributed by atoms with van der Waals surface area (Å²) in [6.45, 7) is 10.7. The monoisotopic (exact) mass is 565 g/mol. The average molecular weight is 566 g/mol. The van der Waals surface area contributed by atoms with Crippen molar-refractivity contribution in [2.75, 3.05) is 48.3 Å². The number of carbonyl (C=O) groups is 2. The van der Waals surface area contributed by atoms with Crippen LogP contribution >= 0.6 is 0 Å². The first kappa shape index (κ1) is 28.7. The van der Waals surface area contributed by atoms with Crippen molar-refractivity contribution in [2.45, 2.75) is 19.4 Å². The molecule has 0 bridgehead atoms. The van der Waals surface area contributed by atoms with Crippen molar-refractivity contribution in [1.29, 1.82) is 0 Å². The number of para-hydroxylation sites is 1. The summed E-state index contributed by atoms with van der Waals surface area (Å²) in [6, 6.07) is 18.9. The first-order valence-electron chi connectivity index (χ1n) is 13.8. The highest BCUT2D eigenvalue weighted by Gasteiger charge is 2.25. The van der Waals surface area contributed by atoms with Gasteiger partial charge < -0.3 is 26.4 Å². The molecule has 0 spiro atoms. The van der Waals surface area contributed by atoms with Gasteiger partial charge in [-0.25, -0.2) is 9.97 Å². The Labute approximate surface area is 244 Å². The highest BCUT2D eigenvalue weighted by atomic mass is 16.3. The molecule has 2 heterocycles. The maximum Gasteiger partial charge on any atom is 0.250 e. The van der Waals surface area contributed by atoms with Gasteiger partial charge in [-0.05, 0) is 55.8 Å². The summed E-state index contributed by atoms with van der Waals surface area (Å²) in [5.74, 6) is -0.430. The predicted molar refractivity (Wildman–Crippen MR) is 167 cm³/mol. The molecule has 0 aliphatic carbocycles. The number of hydrogen-bond acceptors (Lipinski definition) is 8. The zero-order valence-electron chi connectivity index (χ0n) is 23.8. The fourth-order valence-electron chi connectivity index (χ4n) is 5.22. The van der Waals surface area contributed by atoms with Gasteiger partial charge in [0.05, 0.1) is 16.7 Å². The minimum Gasteiger partial charge on any atom is -0.389 e. The number of nitrogens with zero attached hydrogens (tertiary/aromatic N) is 4. The highest BCUT2D eigenvalue weighted by molar-refractivity contribution is 6.01. The van der Waals surface area contributed by atoms with E-state index in [1.165, 1.54) is 6.08 Å². The normalized spacial score (nSPS) is 14.0. The van der Waals surface area contributed by atoms with Gasteiger partial charge >= 0.3 is 0 Å². The van der Waals surface area contributed by atoms with Crippen molar-refractivity contribution in [1.82, 2.24) is 14.9 Å². The van der Waals surface area contributed by atoms with E-state index >= 15 is 0 Å². The van der Waals surface area contributed by atoms with E-state index in [1.807, 2.05) is 54.6 Å². The van der Waals surface area contributed by atoms with Gasteiger partial charge in [-0.2, -0.15) is 0 Å². The van der Waals surface area contributed by atoms with Crippen LogP contribution < -0.4 is 21.3 Å². The highest BCUT2D eigenvalue weighted by Crippen LogP contribution is 2.31. The molecule has 0 unspecified atom stereocenters. The number of anilines is 4. The summed E-state index contributed by atoms with van der Waals surface area (Å²) < 4.78 is 0. The summed E-state index contributed by atoms with van der Waals surface area (Å²) >= 11 is 0. The number of nitrogens with two attached hydrogens (primary N) is 1. The minimum atomic E-state index is -0.757. The predicted octanol–water partition coefficient (Wildman–Crippen LogP) is 4.16. The van der Waals surface area contributed by atoms with Gasteiger partial charge in [-0.3, -0.25) is 14.5 Å². The number of benzene rings is 3. The topological polar surface area (TPSA) is 137 Å². The Morgan fingerprint density at radius 2 is 1.81 bits per heavy atom. The molecule has 10 heteroatoms. The van der Waals surface area contributed by atoms with Crippen LogP contribution in [0.5, 0.6) is 0 Å². The summed E-state index contributed by atoms with van der Waals surface area (Å²) in [7, 11) is 0. The second-order valence-corrected chi connectivity index (χ2v) is 11.0. The van der Waals surface area contributed by atoms with Crippen LogP contribution in [0.4, 0.5) is 23.0 Å². The number of amides is 2. The Morgan fingerprint density at radius 3 is 2.52 bits per heavy atom. The van der Waals surface area contributed by atoms with E-state index in [2.05, 4.69) is 32.0 Å². The molecule has 1 saturated heterocycles. The van der Waals surface area contributed by atoms with Gasteiger partial charge in [0, 0.05) is 66.9 Å². The molecule has 42 heavy (non-hydrogen) atoms. The van der Waals surface area contributed by atoms with E-state index in [0.29, 0.717) is 29.4 Å². The van der Waals surface area contributed by atoms with Crippen LogP contribution in [-0.4, -0.2) is 70.1 Å². The lowest BCUT2D eigenvalue weighted by atomic mass is 10.0. The van der Waals surface area contributed by atoms with Crippen LogP contribution in [0.2, 0.25) is 0 Å². The molecule has 0 saturated carbocycles. The second-order valence-electron chi connectivity index (χ2n) is 11.0. The lowest BCUT2D eigenvalue weighted by molar-refractivity contribution is -0.111. The van der Waals surface area contributed by atoms with E-state index in [4.69, 9.17) is 10.7 Å². The van der Waals surface area contributed by atoms with Crippen LogP contribution in [0.15, 0.2) is 79.5 Å². The Morgan fingerprint density at radius 1 is 1.05 bits per heavy atom. The number of rotatable bonds is 9. The average Bonchev–Trinajstić information content (AvgIpc) is 2.96. The van der Waals surface area contributed by atoms with Crippen molar-refractivity contribution in [3.63, 3.8) is 0 Å². The van der Waals surface area contributed by atoms with Gasteiger partial charge in [0.2, 0.25) is 11.9 Å². The van der Waals surface area contributed by atoms with Crippen molar-refractivity contribution < 1.29 is 14.7 Å². The number of aromatic nitrogens is 2. The molecule has 5 rings (SSSR count). The number of carbonyl (C=O) groups excluding carboxylic acids is 2. The van der Waals surface area contributed by atoms with Crippen LogP contribution in [0.3, 0.4) is 0 Å². The van der Waals surface area contributed by atoms with E-state index in [-0.39, 0.29) is 5.91 Å². The molecular weight excluding hydrogens is 530 g/mol. The molecule has 4 aromatic rings. The maximum atomic E-state index is 12.5. The standard InChI is InChI=1S/C32H35N7O3/c1-4-28(40)35-23-9-5-7-21(17-23)25-10-6-8-22-19-34-31(37-29(22)25)36-24-11-12-27(26(18-24)30(33)41)39-15-13-38(14-16-39)20-32(2,3)42/h4-12,17-19,42H,1,13-16,20H2,2-3H3,(H2,33,41)(H,35,40)(H,34,36,37). The molecule has 1 aliphatic rings. The molecule has 0 atom stereocenters. The zero-order valence-corrected chi connectivity index (χ0v) is 23.8. The lowest BCUT2D eigenvalue weighted by Crippen LogP contribution is -2.50. The van der Waals surface area contributed by atoms with Crippen LogP contribution in [0.1, 0.15) is 24.2 Å². The van der Waals surface area contributed by atoms with Gasteiger partial charge in [0.15, 0.2) is 0 Å². The molecule has 2 amide bonds. The molecule has 0 radical (unpaired) electrons. The Bertz CT molecular complexity index is 1640. The first-order valence-corrected chi connectivity index (χ1v) is 13.8. The number of hydrogen-bond donors (Lipinski definition) is 4. The van der Waals surface area contributed by atoms with Gasteiger partial charge in [0.25, 0.3) is 5.91 Å². The van der Waals surface area contributed by atoms with Gasteiger partial charge in [-0.1, -0.05) is 36.9 Å². The SMILES string of the molecule is C=CC(=O)Nc1cccc(-c2cccc3cnc(Nc4ccc(N5CCN(CC(C)(C)O)CC5)c(C(N)=O)c4)nc23)c1. The third-order valence-corrected chi connectivity index (χ3v) is 7.08. The molecule has 5 N–H and O–H groups in total. The molecule has 1 fully saturated rings. The first-order chi connectivity index (χ1) is 20.1. The van der Waals surface area contributed by atoms with Crippen LogP contribution in [-0.2, 0) is 4.79 Å². The molecule has 1 aromatic heterocycles.